The zero-order valence-electron chi connectivity index (χ0n) is 22.5. The van der Waals surface area contributed by atoms with E-state index in [0.29, 0.717) is 12.2 Å². The minimum Gasteiger partial charge on any atom is -0.369 e. The number of amidine groups is 1. The van der Waals surface area contributed by atoms with Gasteiger partial charge in [-0.1, -0.05) is 18.2 Å². The molecule has 0 bridgehead atoms. The number of piperazine rings is 1. The first-order valence-corrected chi connectivity index (χ1v) is 12.6. The number of rotatable bonds is 11. The normalized spacial score (nSPS) is 14.4. The first-order chi connectivity index (χ1) is 18.3. The molecule has 0 atom stereocenters. The fourth-order valence-corrected chi connectivity index (χ4v) is 3.69. The summed E-state index contributed by atoms with van der Waals surface area (Å²) in [6.45, 7) is 13.4. The first-order valence-electron chi connectivity index (χ1n) is 12.6. The number of benzene rings is 1. The van der Waals surface area contributed by atoms with E-state index < -0.39 is 0 Å². The van der Waals surface area contributed by atoms with Gasteiger partial charge in [-0.2, -0.15) is 4.98 Å². The van der Waals surface area contributed by atoms with E-state index in [1.54, 1.807) is 18.2 Å². The molecule has 1 saturated heterocycles. The van der Waals surface area contributed by atoms with Crippen LogP contribution in [0.25, 0.3) is 0 Å². The SMILES string of the molecule is C=CCNC(=O)c1cnc(Nc2cccc(N3CCN(C)CC3)c2)nc1N=C(/C=C\C)NN(C=O)C(C)C. The maximum atomic E-state index is 12.8. The van der Waals surface area contributed by atoms with Crippen LogP contribution in [0.1, 0.15) is 31.1 Å². The Morgan fingerprint density at radius 3 is 2.68 bits per heavy atom. The van der Waals surface area contributed by atoms with Crippen LogP contribution in [0, 0.1) is 0 Å². The molecular weight excluding hydrogens is 482 g/mol. The van der Waals surface area contributed by atoms with Crippen LogP contribution in [0.5, 0.6) is 0 Å². The van der Waals surface area contributed by atoms with E-state index in [4.69, 9.17) is 0 Å². The number of hydrogen-bond acceptors (Lipinski definition) is 8. The lowest BCUT2D eigenvalue weighted by atomic mass is 10.2. The molecule has 0 radical (unpaired) electrons. The monoisotopic (exact) mass is 519 g/mol. The summed E-state index contributed by atoms with van der Waals surface area (Å²) < 4.78 is 0. The quantitative estimate of drug-likeness (QED) is 0.136. The summed E-state index contributed by atoms with van der Waals surface area (Å²) in [6.07, 6.45) is 7.17. The van der Waals surface area contributed by atoms with E-state index in [-0.39, 0.29) is 35.8 Å². The number of hydrazine groups is 1. The Morgan fingerprint density at radius 2 is 2.03 bits per heavy atom. The molecule has 11 heteroatoms. The van der Waals surface area contributed by atoms with Crippen LogP contribution in [0.3, 0.4) is 0 Å². The summed E-state index contributed by atoms with van der Waals surface area (Å²) in [4.78, 5) is 42.5. The summed E-state index contributed by atoms with van der Waals surface area (Å²) in [5.41, 5.74) is 5.09. The molecule has 1 fully saturated rings. The van der Waals surface area contributed by atoms with E-state index in [1.807, 2.05) is 32.9 Å². The second-order valence-electron chi connectivity index (χ2n) is 9.11. The molecule has 2 heterocycles. The Kier molecular flexibility index (Phi) is 10.4. The highest BCUT2D eigenvalue weighted by Gasteiger charge is 2.17. The number of nitrogens with one attached hydrogen (secondary N) is 3. The maximum Gasteiger partial charge on any atom is 0.256 e. The molecule has 1 aliphatic heterocycles. The third kappa shape index (κ3) is 7.87. The molecular formula is C27H37N9O2. The fourth-order valence-electron chi connectivity index (χ4n) is 3.69. The third-order valence-corrected chi connectivity index (χ3v) is 5.86. The molecule has 1 aliphatic rings. The van der Waals surface area contributed by atoms with Gasteiger partial charge >= 0.3 is 0 Å². The molecule has 0 unspecified atom stereocenters. The van der Waals surface area contributed by atoms with Crippen molar-refractivity contribution in [3.8, 4) is 0 Å². The minimum absolute atomic E-state index is 0.117. The molecule has 1 aromatic carbocycles. The zero-order chi connectivity index (χ0) is 27.5. The molecule has 0 aliphatic carbocycles. The van der Waals surface area contributed by atoms with E-state index in [0.717, 1.165) is 37.6 Å². The number of anilines is 3. The summed E-state index contributed by atoms with van der Waals surface area (Å²) in [7, 11) is 2.13. The van der Waals surface area contributed by atoms with E-state index in [2.05, 4.69) is 66.6 Å². The standard InChI is InChI=1S/C27H37N9O2/c1-6-9-24(33-36(19-37)20(3)4)31-25-23(26(38)28-12-7-2)18-29-27(32-25)30-21-10-8-11-22(17-21)35-15-13-34(5)14-16-35/h6-11,17-20H,2,12-16H2,1,3-5H3,(H,28,38)(H2,29,30,31,32,33)/b9-6-. The third-order valence-electron chi connectivity index (χ3n) is 5.86. The number of carbonyl (C=O) groups is 2. The van der Waals surface area contributed by atoms with E-state index in [9.17, 15) is 9.59 Å². The Balaban J connectivity index is 1.93. The number of carbonyl (C=O) groups excluding carboxylic acids is 2. The molecule has 0 saturated carbocycles. The lowest BCUT2D eigenvalue weighted by Gasteiger charge is -2.34. The molecule has 0 spiro atoms. The van der Waals surface area contributed by atoms with Crippen LogP contribution in [-0.2, 0) is 4.79 Å². The van der Waals surface area contributed by atoms with Crippen molar-refractivity contribution in [1.29, 1.82) is 0 Å². The Morgan fingerprint density at radius 1 is 1.26 bits per heavy atom. The van der Waals surface area contributed by atoms with Crippen molar-refractivity contribution in [3.05, 3.63) is 60.8 Å². The van der Waals surface area contributed by atoms with Gasteiger partial charge in [0.25, 0.3) is 5.91 Å². The van der Waals surface area contributed by atoms with Crippen molar-refractivity contribution in [2.45, 2.75) is 26.8 Å². The lowest BCUT2D eigenvalue weighted by Crippen LogP contribution is -2.44. The van der Waals surface area contributed by atoms with Gasteiger partial charge in [0.1, 0.15) is 11.4 Å². The number of aliphatic imine (C=N–C) groups is 1. The average Bonchev–Trinajstić information content (AvgIpc) is 2.91. The molecule has 3 rings (SSSR count). The van der Waals surface area contributed by atoms with Crippen molar-refractivity contribution in [2.24, 2.45) is 4.99 Å². The summed E-state index contributed by atoms with van der Waals surface area (Å²) in [5, 5.41) is 7.35. The maximum absolute atomic E-state index is 12.8. The van der Waals surface area contributed by atoms with Crippen LogP contribution < -0.4 is 21.0 Å². The Bertz CT molecular complexity index is 1170. The van der Waals surface area contributed by atoms with E-state index in [1.165, 1.54) is 11.2 Å². The van der Waals surface area contributed by atoms with Crippen LogP contribution in [0.15, 0.2) is 60.3 Å². The molecule has 2 amide bonds. The van der Waals surface area contributed by atoms with Gasteiger partial charge in [0.2, 0.25) is 12.4 Å². The van der Waals surface area contributed by atoms with Crippen LogP contribution in [0.2, 0.25) is 0 Å². The number of aromatic nitrogens is 2. The number of hydrogen-bond donors (Lipinski definition) is 3. The van der Waals surface area contributed by atoms with Crippen molar-refractivity contribution >= 4 is 41.3 Å². The highest BCUT2D eigenvalue weighted by Crippen LogP contribution is 2.24. The van der Waals surface area contributed by atoms with Gasteiger partial charge in [0.05, 0.1) is 0 Å². The second kappa shape index (κ2) is 13.9. The minimum atomic E-state index is -0.386. The molecule has 2 aromatic rings. The highest BCUT2D eigenvalue weighted by molar-refractivity contribution is 6.01. The number of amides is 2. The van der Waals surface area contributed by atoms with Crippen molar-refractivity contribution < 1.29 is 9.59 Å². The predicted molar refractivity (Wildman–Crippen MR) is 152 cm³/mol. The topological polar surface area (TPSA) is 118 Å². The fraction of sp³-hybridized carbons (Fsp3) is 0.370. The Hall–Kier alpha value is -4.25. The van der Waals surface area contributed by atoms with Gasteiger partial charge < -0.3 is 20.4 Å². The number of likely N-dealkylation sites (N-methyl/N-ethyl adjacent to an activating group) is 1. The van der Waals surface area contributed by atoms with Gasteiger partial charge in [0.15, 0.2) is 5.82 Å². The number of allylic oxidation sites excluding steroid dienone is 1. The van der Waals surface area contributed by atoms with Gasteiger partial charge in [-0.3, -0.25) is 20.0 Å². The van der Waals surface area contributed by atoms with E-state index >= 15 is 0 Å². The van der Waals surface area contributed by atoms with Gasteiger partial charge in [-0.15, -0.1) is 6.58 Å². The van der Waals surface area contributed by atoms with Crippen LogP contribution in [-0.4, -0.2) is 83.8 Å². The van der Waals surface area contributed by atoms with Crippen molar-refractivity contribution in [2.75, 3.05) is 50.0 Å². The largest absolute Gasteiger partial charge is 0.369 e. The zero-order valence-corrected chi connectivity index (χ0v) is 22.5. The van der Waals surface area contributed by atoms with Crippen molar-refractivity contribution in [3.63, 3.8) is 0 Å². The van der Waals surface area contributed by atoms with Gasteiger partial charge in [-0.05, 0) is 52.1 Å². The molecule has 38 heavy (non-hydrogen) atoms. The van der Waals surface area contributed by atoms with Crippen LogP contribution in [0.4, 0.5) is 23.1 Å². The summed E-state index contributed by atoms with van der Waals surface area (Å²) >= 11 is 0. The summed E-state index contributed by atoms with van der Waals surface area (Å²) in [6, 6.07) is 7.95. The first kappa shape index (κ1) is 28.3. The molecule has 1 aromatic heterocycles. The lowest BCUT2D eigenvalue weighted by molar-refractivity contribution is -0.121. The van der Waals surface area contributed by atoms with Gasteiger partial charge in [0, 0.05) is 56.3 Å². The number of nitrogens with zero attached hydrogens (tertiary/aromatic N) is 6. The van der Waals surface area contributed by atoms with Crippen LogP contribution >= 0.6 is 0 Å². The Labute approximate surface area is 224 Å². The second-order valence-corrected chi connectivity index (χ2v) is 9.11. The van der Waals surface area contributed by atoms with Gasteiger partial charge in [-0.25, -0.2) is 9.98 Å². The molecule has 11 nitrogen and oxygen atoms in total. The molecule has 3 N–H and O–H groups in total. The summed E-state index contributed by atoms with van der Waals surface area (Å²) in [5.74, 6) is 0.390. The predicted octanol–water partition coefficient (Wildman–Crippen LogP) is 2.87. The molecule has 202 valence electrons. The van der Waals surface area contributed by atoms with Crippen molar-refractivity contribution in [1.82, 2.24) is 30.6 Å². The smallest absolute Gasteiger partial charge is 0.256 e. The average molecular weight is 520 g/mol. The highest BCUT2D eigenvalue weighted by atomic mass is 16.2.